The van der Waals surface area contributed by atoms with Crippen molar-refractivity contribution in [1.82, 2.24) is 15.3 Å². The van der Waals surface area contributed by atoms with E-state index in [9.17, 15) is 0 Å². The lowest BCUT2D eigenvalue weighted by Gasteiger charge is -2.00. The van der Waals surface area contributed by atoms with Crippen molar-refractivity contribution < 1.29 is 0 Å². The Kier molecular flexibility index (Phi) is 3.87. The van der Waals surface area contributed by atoms with Crippen molar-refractivity contribution in [2.45, 2.75) is 19.9 Å². The average Bonchev–Trinajstić information content (AvgIpc) is 2.83. The van der Waals surface area contributed by atoms with Crippen molar-refractivity contribution in [3.05, 3.63) is 27.2 Å². The molecule has 6 heteroatoms. The van der Waals surface area contributed by atoms with Crippen molar-refractivity contribution in [3.63, 3.8) is 0 Å². The Hall–Kier alpha value is -0.980. The van der Waals surface area contributed by atoms with Crippen molar-refractivity contribution in [2.24, 2.45) is 0 Å². The molecule has 0 saturated carbocycles. The molecule has 3 N–H and O–H groups in total. The molecule has 2 heterocycles. The van der Waals surface area contributed by atoms with Gasteiger partial charge in [-0.1, -0.05) is 0 Å². The topological polar surface area (TPSA) is 63.8 Å². The molecular formula is C10H14N4S2. The van der Waals surface area contributed by atoms with Gasteiger partial charge < -0.3 is 11.1 Å². The number of thiazole rings is 2. The van der Waals surface area contributed by atoms with Crippen molar-refractivity contribution in [2.75, 3.05) is 12.3 Å². The van der Waals surface area contributed by atoms with E-state index in [1.54, 1.807) is 11.3 Å². The molecule has 0 saturated heterocycles. The highest BCUT2D eigenvalue weighted by Gasteiger charge is 2.00. The first-order valence-electron chi connectivity index (χ1n) is 5.05. The molecule has 0 atom stereocenters. The fourth-order valence-electron chi connectivity index (χ4n) is 1.36. The lowest BCUT2D eigenvalue weighted by molar-refractivity contribution is 0.672. The average molecular weight is 254 g/mol. The summed E-state index contributed by atoms with van der Waals surface area (Å²) in [6.45, 7) is 3.75. The number of rotatable bonds is 5. The van der Waals surface area contributed by atoms with Crippen LogP contribution in [0.3, 0.4) is 0 Å². The van der Waals surface area contributed by atoms with Gasteiger partial charge in [-0.3, -0.25) is 0 Å². The molecule has 0 radical (unpaired) electrons. The van der Waals surface area contributed by atoms with Crippen LogP contribution in [0.2, 0.25) is 0 Å². The van der Waals surface area contributed by atoms with E-state index in [0.717, 1.165) is 35.9 Å². The molecule has 0 fully saturated rings. The first kappa shape index (κ1) is 11.5. The third kappa shape index (κ3) is 3.26. The Balaban J connectivity index is 1.69. The molecule has 4 nitrogen and oxygen atoms in total. The summed E-state index contributed by atoms with van der Waals surface area (Å²) in [5.74, 6) is 0. The molecule has 2 aromatic heterocycles. The minimum atomic E-state index is 0.644. The van der Waals surface area contributed by atoms with Crippen LogP contribution in [0.4, 0.5) is 5.13 Å². The van der Waals surface area contributed by atoms with Crippen LogP contribution in [-0.4, -0.2) is 16.5 Å². The predicted molar refractivity (Wildman–Crippen MR) is 68.8 cm³/mol. The molecule has 0 aliphatic heterocycles. The molecule has 0 aromatic carbocycles. The molecule has 2 aromatic rings. The third-order valence-electron chi connectivity index (χ3n) is 2.10. The van der Waals surface area contributed by atoms with Gasteiger partial charge in [-0.25, -0.2) is 9.97 Å². The lowest BCUT2D eigenvalue weighted by atomic mass is 10.3. The summed E-state index contributed by atoms with van der Waals surface area (Å²) in [7, 11) is 0. The molecule has 16 heavy (non-hydrogen) atoms. The summed E-state index contributed by atoms with van der Waals surface area (Å²) in [5.41, 5.74) is 7.73. The largest absolute Gasteiger partial charge is 0.375 e. The quantitative estimate of drug-likeness (QED) is 0.799. The number of nitrogens with two attached hydrogens (primary N) is 1. The van der Waals surface area contributed by atoms with E-state index in [1.807, 2.05) is 12.3 Å². The summed E-state index contributed by atoms with van der Waals surface area (Å²) in [6.07, 6.45) is 0.914. The monoisotopic (exact) mass is 254 g/mol. The van der Waals surface area contributed by atoms with Gasteiger partial charge in [-0.15, -0.1) is 22.7 Å². The van der Waals surface area contributed by atoms with Crippen molar-refractivity contribution in [1.29, 1.82) is 0 Å². The SMILES string of the molecule is Cc1nc(CNCCc2csc(N)n2)cs1. The molecular weight excluding hydrogens is 240 g/mol. The molecule has 2 rings (SSSR count). The van der Waals surface area contributed by atoms with Gasteiger partial charge in [0.25, 0.3) is 0 Å². The number of anilines is 1. The normalized spacial score (nSPS) is 10.8. The van der Waals surface area contributed by atoms with Gasteiger partial charge >= 0.3 is 0 Å². The Morgan fingerprint density at radius 1 is 1.25 bits per heavy atom. The van der Waals surface area contributed by atoms with Gasteiger partial charge in [0.2, 0.25) is 0 Å². The van der Waals surface area contributed by atoms with Gasteiger partial charge in [0, 0.05) is 30.3 Å². The minimum Gasteiger partial charge on any atom is -0.375 e. The molecule has 0 aliphatic carbocycles. The number of nitrogens with zero attached hydrogens (tertiary/aromatic N) is 2. The third-order valence-corrected chi connectivity index (χ3v) is 3.65. The van der Waals surface area contributed by atoms with Crippen LogP contribution in [0.15, 0.2) is 10.8 Å². The van der Waals surface area contributed by atoms with Gasteiger partial charge in [-0.05, 0) is 6.92 Å². The van der Waals surface area contributed by atoms with E-state index >= 15 is 0 Å². The van der Waals surface area contributed by atoms with Crippen LogP contribution in [0.25, 0.3) is 0 Å². The number of aromatic nitrogens is 2. The summed E-state index contributed by atoms with van der Waals surface area (Å²) < 4.78 is 0. The summed E-state index contributed by atoms with van der Waals surface area (Å²) in [6, 6.07) is 0. The predicted octanol–water partition coefficient (Wildman–Crippen LogP) is 1.82. The zero-order valence-electron chi connectivity index (χ0n) is 9.06. The van der Waals surface area contributed by atoms with E-state index in [0.29, 0.717) is 5.13 Å². The standard InChI is InChI=1S/C10H14N4S2/c1-7-13-9(6-15-7)4-12-3-2-8-5-16-10(11)14-8/h5-6,12H,2-4H2,1H3,(H2,11,14). The maximum Gasteiger partial charge on any atom is 0.180 e. The summed E-state index contributed by atoms with van der Waals surface area (Å²) >= 11 is 3.17. The molecule has 0 aliphatic rings. The fraction of sp³-hybridized carbons (Fsp3) is 0.400. The zero-order valence-corrected chi connectivity index (χ0v) is 10.7. The summed E-state index contributed by atoms with van der Waals surface area (Å²) in [4.78, 5) is 8.58. The van der Waals surface area contributed by atoms with E-state index in [1.165, 1.54) is 11.3 Å². The zero-order chi connectivity index (χ0) is 11.4. The van der Waals surface area contributed by atoms with Crippen LogP contribution in [0, 0.1) is 6.92 Å². The lowest BCUT2D eigenvalue weighted by Crippen LogP contribution is -2.17. The second kappa shape index (κ2) is 5.38. The number of hydrogen-bond donors (Lipinski definition) is 2. The first-order chi connectivity index (χ1) is 7.74. The van der Waals surface area contributed by atoms with E-state index in [4.69, 9.17) is 5.73 Å². The van der Waals surface area contributed by atoms with Gasteiger partial charge in [-0.2, -0.15) is 0 Å². The van der Waals surface area contributed by atoms with E-state index < -0.39 is 0 Å². The second-order valence-corrected chi connectivity index (χ2v) is 5.41. The molecule has 0 unspecified atom stereocenters. The van der Waals surface area contributed by atoms with Crippen LogP contribution in [-0.2, 0) is 13.0 Å². The number of hydrogen-bond acceptors (Lipinski definition) is 6. The van der Waals surface area contributed by atoms with Crippen LogP contribution in [0.5, 0.6) is 0 Å². The maximum absolute atomic E-state index is 5.56. The Morgan fingerprint density at radius 3 is 2.69 bits per heavy atom. The van der Waals surface area contributed by atoms with Crippen LogP contribution in [0.1, 0.15) is 16.4 Å². The second-order valence-electron chi connectivity index (χ2n) is 3.46. The number of aryl methyl sites for hydroxylation is 1. The van der Waals surface area contributed by atoms with Crippen molar-refractivity contribution in [3.8, 4) is 0 Å². The Labute approximate surface area is 103 Å². The minimum absolute atomic E-state index is 0.644. The highest BCUT2D eigenvalue weighted by atomic mass is 32.1. The molecule has 86 valence electrons. The maximum atomic E-state index is 5.56. The highest BCUT2D eigenvalue weighted by molar-refractivity contribution is 7.13. The number of nitrogens with one attached hydrogen (secondary N) is 1. The molecule has 0 amide bonds. The van der Waals surface area contributed by atoms with Crippen molar-refractivity contribution >= 4 is 27.8 Å². The van der Waals surface area contributed by atoms with E-state index in [2.05, 4.69) is 20.7 Å². The van der Waals surface area contributed by atoms with Gasteiger partial charge in [0.1, 0.15) is 0 Å². The smallest absolute Gasteiger partial charge is 0.180 e. The Bertz CT molecular complexity index is 407. The Morgan fingerprint density at radius 2 is 2.06 bits per heavy atom. The van der Waals surface area contributed by atoms with E-state index in [-0.39, 0.29) is 0 Å². The van der Waals surface area contributed by atoms with Gasteiger partial charge in [0.05, 0.1) is 16.4 Å². The molecule has 0 spiro atoms. The molecule has 0 bridgehead atoms. The van der Waals surface area contributed by atoms with Crippen LogP contribution >= 0.6 is 22.7 Å². The number of nitrogen functional groups attached to an aromatic ring is 1. The van der Waals surface area contributed by atoms with Gasteiger partial charge in [0.15, 0.2) is 5.13 Å². The highest BCUT2D eigenvalue weighted by Crippen LogP contribution is 2.11. The fourth-order valence-corrected chi connectivity index (χ4v) is 2.57. The first-order valence-corrected chi connectivity index (χ1v) is 6.81. The van der Waals surface area contributed by atoms with Crippen LogP contribution < -0.4 is 11.1 Å². The summed E-state index contributed by atoms with van der Waals surface area (Å²) in [5, 5.41) is 9.19.